The first-order valence-corrected chi connectivity index (χ1v) is 13.0. The number of ether oxygens (including phenoxy) is 3. The van der Waals surface area contributed by atoms with Crippen LogP contribution in [-0.2, 0) is 10.2 Å². The predicted molar refractivity (Wildman–Crippen MR) is 144 cm³/mol. The third-order valence-corrected chi connectivity index (χ3v) is 7.17. The Labute approximate surface area is 219 Å². The van der Waals surface area contributed by atoms with Gasteiger partial charge in [0.25, 0.3) is 0 Å². The Morgan fingerprint density at radius 3 is 2.35 bits per heavy atom. The number of imidazole rings is 1. The molecular weight excluding hydrogens is 488 g/mol. The molecule has 0 saturated heterocycles. The minimum Gasteiger partial charge on any atom is -0.486 e. The highest BCUT2D eigenvalue weighted by Gasteiger charge is 2.20. The van der Waals surface area contributed by atoms with Gasteiger partial charge in [-0.1, -0.05) is 44.7 Å². The molecule has 0 N–H and O–H groups in total. The number of hydrogen-bond donors (Lipinski definition) is 0. The Hall–Kier alpha value is -3.78. The summed E-state index contributed by atoms with van der Waals surface area (Å²) in [6.45, 7) is 7.49. The van der Waals surface area contributed by atoms with E-state index in [0.717, 1.165) is 11.2 Å². The van der Waals surface area contributed by atoms with Crippen molar-refractivity contribution in [3.05, 3.63) is 77.4 Å². The smallest absolute Gasteiger partial charge is 0.337 e. The molecule has 1 aliphatic rings. The summed E-state index contributed by atoms with van der Waals surface area (Å²) in [4.78, 5) is 30.0. The molecule has 0 radical (unpaired) electrons. The Balaban J connectivity index is 1.49. The highest BCUT2D eigenvalue weighted by molar-refractivity contribution is 7.99. The van der Waals surface area contributed by atoms with Crippen LogP contribution in [-0.4, -0.2) is 47.4 Å². The van der Waals surface area contributed by atoms with Gasteiger partial charge in [-0.2, -0.15) is 0 Å². The predicted octanol–water partition coefficient (Wildman–Crippen LogP) is 5.86. The van der Waals surface area contributed by atoms with Crippen LogP contribution in [0.5, 0.6) is 11.5 Å². The van der Waals surface area contributed by atoms with Gasteiger partial charge in [0.2, 0.25) is 0 Å². The lowest BCUT2D eigenvalue weighted by Crippen LogP contribution is -2.16. The van der Waals surface area contributed by atoms with Gasteiger partial charge in [0.05, 0.1) is 29.5 Å². The maximum atomic E-state index is 13.1. The molecule has 0 amide bonds. The van der Waals surface area contributed by atoms with Gasteiger partial charge in [-0.05, 0) is 59.5 Å². The van der Waals surface area contributed by atoms with E-state index >= 15 is 0 Å². The highest BCUT2D eigenvalue weighted by Crippen LogP contribution is 2.33. The van der Waals surface area contributed by atoms with Crippen LogP contribution in [0, 0.1) is 0 Å². The first-order valence-electron chi connectivity index (χ1n) is 12.0. The number of fused-ring (bicyclic) bond motifs is 2. The highest BCUT2D eigenvalue weighted by atomic mass is 32.2. The minimum atomic E-state index is -0.422. The summed E-state index contributed by atoms with van der Waals surface area (Å²) < 4.78 is 18.1. The topological polar surface area (TPSA) is 79.7 Å². The van der Waals surface area contributed by atoms with Crippen LogP contribution in [0.4, 0.5) is 0 Å². The number of Topliss-reactive ketones (excluding diaryl/α,β-unsaturated/α-hetero) is 1. The molecule has 190 valence electrons. The lowest BCUT2D eigenvalue weighted by Gasteiger charge is -2.19. The van der Waals surface area contributed by atoms with Gasteiger partial charge in [0.1, 0.15) is 13.2 Å². The largest absolute Gasteiger partial charge is 0.486 e. The maximum absolute atomic E-state index is 13.1. The van der Waals surface area contributed by atoms with Gasteiger partial charge in [-0.25, -0.2) is 9.78 Å². The van der Waals surface area contributed by atoms with E-state index in [1.54, 1.807) is 30.3 Å². The fraction of sp³-hybridized carbons (Fsp3) is 0.276. The quantitative estimate of drug-likeness (QED) is 0.181. The SMILES string of the molecule is COC(=O)c1ccc2c(c1)nc(SCC(=O)c1ccc3c(c1)OCCO3)n2-c1ccc(C(C)(C)C)cc1. The number of aromatic nitrogens is 2. The van der Waals surface area contributed by atoms with Gasteiger partial charge < -0.3 is 14.2 Å². The second kappa shape index (κ2) is 9.94. The second-order valence-corrected chi connectivity index (χ2v) is 10.7. The summed E-state index contributed by atoms with van der Waals surface area (Å²) in [6, 6.07) is 18.9. The van der Waals surface area contributed by atoms with Crippen molar-refractivity contribution in [3.63, 3.8) is 0 Å². The zero-order chi connectivity index (χ0) is 26.2. The van der Waals surface area contributed by atoms with E-state index in [1.807, 2.05) is 10.6 Å². The Morgan fingerprint density at radius 1 is 0.946 bits per heavy atom. The van der Waals surface area contributed by atoms with Gasteiger partial charge in [0.15, 0.2) is 22.4 Å². The van der Waals surface area contributed by atoms with Crippen LogP contribution in [0.15, 0.2) is 65.8 Å². The number of carbonyl (C=O) groups excluding carboxylic acids is 2. The summed E-state index contributed by atoms with van der Waals surface area (Å²) in [5.74, 6) is 0.959. The van der Waals surface area contributed by atoms with Crippen molar-refractivity contribution in [2.75, 3.05) is 26.1 Å². The minimum absolute atomic E-state index is 0.0264. The standard InChI is InChI=1S/C29H28N2O5S/c1-29(2,3)20-7-9-21(10-8-20)31-23-11-5-19(27(33)34-4)15-22(23)30-28(31)37-17-24(32)18-6-12-25-26(16-18)36-14-13-35-25/h5-12,15-16H,13-14,17H2,1-4H3. The second-order valence-electron chi connectivity index (χ2n) is 9.79. The fourth-order valence-corrected chi connectivity index (χ4v) is 5.11. The molecule has 0 unspecified atom stereocenters. The molecule has 37 heavy (non-hydrogen) atoms. The number of carbonyl (C=O) groups is 2. The van der Waals surface area contributed by atoms with Crippen LogP contribution in [0.3, 0.4) is 0 Å². The van der Waals surface area contributed by atoms with Gasteiger partial charge in [0, 0.05) is 11.3 Å². The molecule has 1 aromatic heterocycles. The summed E-state index contributed by atoms with van der Waals surface area (Å²) in [6.07, 6.45) is 0. The van der Waals surface area contributed by atoms with Crippen molar-refractivity contribution in [1.82, 2.24) is 9.55 Å². The van der Waals surface area contributed by atoms with Crippen LogP contribution in [0.2, 0.25) is 0 Å². The first-order chi connectivity index (χ1) is 17.7. The fourth-order valence-electron chi connectivity index (χ4n) is 4.19. The third-order valence-electron chi connectivity index (χ3n) is 6.23. The number of rotatable bonds is 6. The van der Waals surface area contributed by atoms with Crippen molar-refractivity contribution in [2.45, 2.75) is 31.3 Å². The molecule has 0 spiro atoms. The molecule has 8 heteroatoms. The monoisotopic (exact) mass is 516 g/mol. The molecule has 0 saturated carbocycles. The zero-order valence-corrected chi connectivity index (χ0v) is 22.1. The summed E-state index contributed by atoms with van der Waals surface area (Å²) >= 11 is 1.35. The lowest BCUT2D eigenvalue weighted by atomic mass is 9.87. The number of ketones is 1. The number of esters is 1. The van der Waals surface area contributed by atoms with Crippen LogP contribution in [0.25, 0.3) is 16.7 Å². The van der Waals surface area contributed by atoms with Crippen molar-refractivity contribution in [1.29, 1.82) is 0 Å². The number of benzene rings is 3. The molecule has 0 atom stereocenters. The molecule has 0 fully saturated rings. The van der Waals surface area contributed by atoms with Crippen molar-refractivity contribution in [2.24, 2.45) is 0 Å². The molecule has 0 bridgehead atoms. The van der Waals surface area contributed by atoms with Crippen LogP contribution < -0.4 is 9.47 Å². The number of hydrogen-bond acceptors (Lipinski definition) is 7. The number of thioether (sulfide) groups is 1. The van der Waals surface area contributed by atoms with E-state index in [2.05, 4.69) is 45.0 Å². The molecule has 5 rings (SSSR count). The summed E-state index contributed by atoms with van der Waals surface area (Å²) in [5, 5.41) is 0.659. The summed E-state index contributed by atoms with van der Waals surface area (Å²) in [5.41, 5.74) is 4.64. The van der Waals surface area contributed by atoms with Crippen LogP contribution >= 0.6 is 11.8 Å². The molecule has 3 aromatic carbocycles. The molecule has 2 heterocycles. The molecule has 7 nitrogen and oxygen atoms in total. The average Bonchev–Trinajstić information content (AvgIpc) is 3.28. The van der Waals surface area contributed by atoms with Gasteiger partial charge >= 0.3 is 5.97 Å². The van der Waals surface area contributed by atoms with Crippen LogP contribution in [0.1, 0.15) is 47.1 Å². The normalized spacial score (nSPS) is 13.0. The number of nitrogens with zero attached hydrogens (tertiary/aromatic N) is 2. The van der Waals surface area contributed by atoms with Crippen molar-refractivity contribution < 1.29 is 23.8 Å². The average molecular weight is 517 g/mol. The Bertz CT molecular complexity index is 1480. The van der Waals surface area contributed by atoms with Gasteiger partial charge in [-0.15, -0.1) is 0 Å². The molecular formula is C29H28N2O5S. The number of methoxy groups -OCH3 is 1. The molecule has 1 aliphatic heterocycles. The van der Waals surface area contributed by atoms with E-state index in [1.165, 1.54) is 24.4 Å². The third kappa shape index (κ3) is 5.06. The Morgan fingerprint density at radius 2 is 1.65 bits per heavy atom. The van der Waals surface area contributed by atoms with E-state index in [4.69, 9.17) is 19.2 Å². The van der Waals surface area contributed by atoms with E-state index in [0.29, 0.717) is 46.5 Å². The van der Waals surface area contributed by atoms with Gasteiger partial charge in [-0.3, -0.25) is 9.36 Å². The molecule has 0 aliphatic carbocycles. The van der Waals surface area contributed by atoms with Crippen molar-refractivity contribution in [3.8, 4) is 17.2 Å². The van der Waals surface area contributed by atoms with E-state index in [-0.39, 0.29) is 17.0 Å². The van der Waals surface area contributed by atoms with Crippen molar-refractivity contribution >= 4 is 34.5 Å². The summed E-state index contributed by atoms with van der Waals surface area (Å²) in [7, 11) is 1.35. The Kier molecular flexibility index (Phi) is 6.69. The van der Waals surface area contributed by atoms with E-state index in [9.17, 15) is 9.59 Å². The maximum Gasteiger partial charge on any atom is 0.337 e. The van der Waals surface area contributed by atoms with E-state index < -0.39 is 5.97 Å². The lowest BCUT2D eigenvalue weighted by molar-refractivity contribution is 0.0600. The zero-order valence-electron chi connectivity index (χ0n) is 21.2. The first kappa shape index (κ1) is 24.9. The molecule has 4 aromatic rings.